The lowest BCUT2D eigenvalue weighted by Crippen LogP contribution is -2.35. The summed E-state index contributed by atoms with van der Waals surface area (Å²) in [5.74, 6) is 2.14. The van der Waals surface area contributed by atoms with Gasteiger partial charge in [0, 0.05) is 5.92 Å². The number of hydrogen-bond acceptors (Lipinski definition) is 1. The van der Waals surface area contributed by atoms with Gasteiger partial charge in [-0.25, -0.2) is 0 Å². The second-order valence-corrected chi connectivity index (χ2v) is 6.87. The molecule has 4 bridgehead atoms. The monoisotopic (exact) mass is 218 g/mol. The lowest BCUT2D eigenvalue weighted by atomic mass is 9.65. The van der Waals surface area contributed by atoms with E-state index >= 15 is 0 Å². The highest BCUT2D eigenvalue weighted by Gasteiger charge is 2.68. The van der Waals surface area contributed by atoms with E-state index in [1.165, 1.54) is 18.4 Å². The van der Waals surface area contributed by atoms with Gasteiger partial charge in [-0.3, -0.25) is 4.79 Å². The second-order valence-electron chi connectivity index (χ2n) is 6.87. The molecule has 4 atom stereocenters. The Morgan fingerprint density at radius 3 is 2.69 bits per heavy atom. The number of carbonyl (C=O) groups excluding carboxylic acids is 1. The number of hydrogen-bond donors (Lipinski definition) is 0. The van der Waals surface area contributed by atoms with Gasteiger partial charge in [0.2, 0.25) is 0 Å². The third-order valence-electron chi connectivity index (χ3n) is 6.06. The lowest BCUT2D eigenvalue weighted by molar-refractivity contribution is -0.122. The fourth-order valence-electron chi connectivity index (χ4n) is 5.32. The summed E-state index contributed by atoms with van der Waals surface area (Å²) in [7, 11) is 0. The predicted molar refractivity (Wildman–Crippen MR) is 65.0 cm³/mol. The van der Waals surface area contributed by atoms with Gasteiger partial charge in [-0.05, 0) is 54.9 Å². The van der Waals surface area contributed by atoms with Crippen LogP contribution in [0.4, 0.5) is 0 Å². The van der Waals surface area contributed by atoms with Crippen molar-refractivity contribution in [3.8, 4) is 0 Å². The van der Waals surface area contributed by atoms with Crippen molar-refractivity contribution in [2.75, 3.05) is 0 Å². The standard InChI is InChI=1S/C15H22O/c1-9(2)15-6-5-14(4)11(8-15)12(16)7-10(3)13(14)15/h7,9,11,13H,5-6,8H2,1-4H3/t11-,13+,14-,15+/m0/s1. The largest absolute Gasteiger partial charge is 0.295 e. The van der Waals surface area contributed by atoms with E-state index in [-0.39, 0.29) is 0 Å². The summed E-state index contributed by atoms with van der Waals surface area (Å²) < 4.78 is 0. The zero-order valence-corrected chi connectivity index (χ0v) is 10.8. The summed E-state index contributed by atoms with van der Waals surface area (Å²) in [6.07, 6.45) is 5.70. The zero-order valence-electron chi connectivity index (χ0n) is 10.8. The van der Waals surface area contributed by atoms with Crippen LogP contribution in [0.1, 0.15) is 47.0 Å². The number of carbonyl (C=O) groups is 1. The van der Waals surface area contributed by atoms with Crippen molar-refractivity contribution in [3.63, 3.8) is 0 Å². The summed E-state index contributed by atoms with van der Waals surface area (Å²) in [5.41, 5.74) is 2.10. The maximum Gasteiger partial charge on any atom is 0.159 e. The van der Waals surface area contributed by atoms with Crippen molar-refractivity contribution in [2.24, 2.45) is 28.6 Å². The van der Waals surface area contributed by atoms with Gasteiger partial charge in [0.05, 0.1) is 0 Å². The molecule has 0 radical (unpaired) electrons. The minimum atomic E-state index is 0.292. The molecule has 3 aliphatic rings. The van der Waals surface area contributed by atoms with Crippen LogP contribution in [0.5, 0.6) is 0 Å². The molecule has 0 aliphatic heterocycles. The molecule has 2 fully saturated rings. The van der Waals surface area contributed by atoms with Crippen molar-refractivity contribution in [1.29, 1.82) is 0 Å². The van der Waals surface area contributed by atoms with Crippen LogP contribution in [-0.4, -0.2) is 5.78 Å². The molecule has 0 spiro atoms. The van der Waals surface area contributed by atoms with Crippen LogP contribution < -0.4 is 0 Å². The molecule has 0 aromatic carbocycles. The van der Waals surface area contributed by atoms with E-state index in [0.717, 1.165) is 6.42 Å². The van der Waals surface area contributed by atoms with Gasteiger partial charge < -0.3 is 0 Å². The van der Waals surface area contributed by atoms with Gasteiger partial charge in [0.25, 0.3) is 0 Å². The maximum atomic E-state index is 12.1. The highest BCUT2D eigenvalue weighted by molar-refractivity contribution is 5.95. The predicted octanol–water partition coefficient (Wildman–Crippen LogP) is 3.59. The average molecular weight is 218 g/mol. The fraction of sp³-hybridized carbons (Fsp3) is 0.800. The quantitative estimate of drug-likeness (QED) is 0.657. The molecule has 0 heterocycles. The molecular weight excluding hydrogens is 196 g/mol. The van der Waals surface area contributed by atoms with Crippen LogP contribution >= 0.6 is 0 Å². The molecule has 0 N–H and O–H groups in total. The molecule has 88 valence electrons. The molecule has 0 aromatic heterocycles. The van der Waals surface area contributed by atoms with Crippen molar-refractivity contribution in [3.05, 3.63) is 11.6 Å². The van der Waals surface area contributed by atoms with E-state index in [9.17, 15) is 4.79 Å². The molecule has 3 aliphatic carbocycles. The first-order valence-corrected chi connectivity index (χ1v) is 6.64. The van der Waals surface area contributed by atoms with Crippen LogP contribution in [0, 0.1) is 28.6 Å². The first-order valence-electron chi connectivity index (χ1n) is 6.64. The first-order chi connectivity index (χ1) is 7.42. The molecule has 2 saturated carbocycles. The summed E-state index contributed by atoms with van der Waals surface area (Å²) in [4.78, 5) is 12.1. The number of allylic oxidation sites excluding steroid dienone is 2. The van der Waals surface area contributed by atoms with E-state index in [0.29, 0.717) is 34.4 Å². The van der Waals surface area contributed by atoms with Gasteiger partial charge in [-0.15, -0.1) is 0 Å². The molecule has 3 rings (SSSR count). The maximum absolute atomic E-state index is 12.1. The Kier molecular flexibility index (Phi) is 1.85. The van der Waals surface area contributed by atoms with Gasteiger partial charge in [-0.2, -0.15) is 0 Å². The van der Waals surface area contributed by atoms with E-state index in [4.69, 9.17) is 0 Å². The summed E-state index contributed by atoms with van der Waals surface area (Å²) >= 11 is 0. The Balaban J connectivity index is 2.18. The minimum Gasteiger partial charge on any atom is -0.295 e. The lowest BCUT2D eigenvalue weighted by Gasteiger charge is -2.38. The molecule has 0 aromatic rings. The van der Waals surface area contributed by atoms with E-state index in [2.05, 4.69) is 27.7 Å². The summed E-state index contributed by atoms with van der Waals surface area (Å²) in [6.45, 7) is 9.26. The molecule has 1 heteroatoms. The van der Waals surface area contributed by atoms with E-state index < -0.39 is 0 Å². The third kappa shape index (κ3) is 0.919. The SMILES string of the molecule is CC1=CC(=O)[C@@H]2C[C@@]3(C(C)C)CC[C@]2(C)[C@@H]13. The topological polar surface area (TPSA) is 17.1 Å². The fourth-order valence-corrected chi connectivity index (χ4v) is 5.32. The molecule has 16 heavy (non-hydrogen) atoms. The number of rotatable bonds is 1. The Morgan fingerprint density at radius 2 is 2.06 bits per heavy atom. The van der Waals surface area contributed by atoms with Crippen molar-refractivity contribution < 1.29 is 4.79 Å². The van der Waals surface area contributed by atoms with Crippen molar-refractivity contribution in [1.82, 2.24) is 0 Å². The number of ketones is 1. The Morgan fingerprint density at radius 1 is 1.38 bits per heavy atom. The molecule has 0 saturated heterocycles. The smallest absolute Gasteiger partial charge is 0.159 e. The highest BCUT2D eigenvalue weighted by atomic mass is 16.1. The van der Waals surface area contributed by atoms with Crippen LogP contribution in [0.25, 0.3) is 0 Å². The van der Waals surface area contributed by atoms with Gasteiger partial charge in [0.15, 0.2) is 5.78 Å². The molecule has 1 nitrogen and oxygen atoms in total. The minimum absolute atomic E-state index is 0.292. The highest BCUT2D eigenvalue weighted by Crippen LogP contribution is 2.73. The van der Waals surface area contributed by atoms with E-state index in [1.54, 1.807) is 0 Å². The first kappa shape index (κ1) is 10.6. The zero-order chi connectivity index (χ0) is 11.7. The van der Waals surface area contributed by atoms with Crippen molar-refractivity contribution in [2.45, 2.75) is 47.0 Å². The van der Waals surface area contributed by atoms with Crippen molar-refractivity contribution >= 4 is 5.78 Å². The Hall–Kier alpha value is -0.590. The summed E-state index contributed by atoms with van der Waals surface area (Å²) in [6, 6.07) is 0. The van der Waals surface area contributed by atoms with Crippen LogP contribution in [-0.2, 0) is 4.79 Å². The Labute approximate surface area is 98.3 Å². The average Bonchev–Trinajstić information content (AvgIpc) is 2.59. The second kappa shape index (κ2) is 2.80. The van der Waals surface area contributed by atoms with Gasteiger partial charge >= 0.3 is 0 Å². The van der Waals surface area contributed by atoms with E-state index in [1.807, 2.05) is 6.08 Å². The molecule has 0 unspecified atom stereocenters. The normalized spacial score (nSPS) is 50.1. The van der Waals surface area contributed by atoms with Crippen LogP contribution in [0.15, 0.2) is 11.6 Å². The van der Waals surface area contributed by atoms with Crippen LogP contribution in [0.2, 0.25) is 0 Å². The van der Waals surface area contributed by atoms with Crippen LogP contribution in [0.3, 0.4) is 0 Å². The van der Waals surface area contributed by atoms with Gasteiger partial charge in [-0.1, -0.05) is 26.3 Å². The van der Waals surface area contributed by atoms with Gasteiger partial charge in [0.1, 0.15) is 0 Å². The molecular formula is C15H22O. The third-order valence-corrected chi connectivity index (χ3v) is 6.06. The molecule has 0 amide bonds. The summed E-state index contributed by atoms with van der Waals surface area (Å²) in [5, 5.41) is 0. The Bertz CT molecular complexity index is 392.